The maximum Gasteiger partial charge on any atom is 0.306 e. The standard InChI is InChI=1S/C67H116O6/c1-4-7-10-13-16-19-22-25-28-31-32-33-34-37-40-43-46-49-52-55-58-61-67(70)73-64(62-71-65(68)59-56-53-50-47-44-41-38-35-29-26-23-20-17-14-11-8-5-2)63-72-66(69)60-57-54-51-48-45-42-39-36-30-27-24-21-18-15-12-9-6-3/h17-18,20-21,25-30,38-39,41-42,64H,4-16,19,22-24,31-37,40,43-63H2,1-3H3/b20-17-,21-18-,28-25-,29-26-,30-27-,41-38-,42-39-. The molecule has 73 heavy (non-hydrogen) atoms. The quantitative estimate of drug-likeness (QED) is 0.0261. The molecule has 6 nitrogen and oxygen atoms in total. The van der Waals surface area contributed by atoms with Crippen LogP contribution >= 0.6 is 0 Å². The zero-order valence-corrected chi connectivity index (χ0v) is 48.1. The van der Waals surface area contributed by atoms with Crippen molar-refractivity contribution in [3.63, 3.8) is 0 Å². The maximum atomic E-state index is 12.9. The highest BCUT2D eigenvalue weighted by atomic mass is 16.6. The Morgan fingerprint density at radius 2 is 0.493 bits per heavy atom. The van der Waals surface area contributed by atoms with Crippen molar-refractivity contribution >= 4 is 17.9 Å². The van der Waals surface area contributed by atoms with Gasteiger partial charge in [-0.1, -0.05) is 247 Å². The van der Waals surface area contributed by atoms with E-state index in [0.29, 0.717) is 19.3 Å². The predicted octanol–water partition coefficient (Wildman–Crippen LogP) is 21.1. The summed E-state index contributed by atoms with van der Waals surface area (Å²) in [7, 11) is 0. The molecule has 0 amide bonds. The maximum absolute atomic E-state index is 12.9. The number of hydrogen-bond donors (Lipinski definition) is 0. The van der Waals surface area contributed by atoms with Crippen LogP contribution in [0.3, 0.4) is 0 Å². The molecule has 0 saturated heterocycles. The number of carbonyl (C=O) groups excluding carboxylic acids is 3. The monoisotopic (exact) mass is 1020 g/mol. The number of ether oxygens (including phenoxy) is 3. The van der Waals surface area contributed by atoms with Crippen LogP contribution in [0.4, 0.5) is 0 Å². The van der Waals surface area contributed by atoms with E-state index in [2.05, 4.69) is 106 Å². The summed E-state index contributed by atoms with van der Waals surface area (Å²) in [6.07, 6.45) is 80.0. The predicted molar refractivity (Wildman–Crippen MR) is 316 cm³/mol. The lowest BCUT2D eigenvalue weighted by Gasteiger charge is -2.18. The largest absolute Gasteiger partial charge is 0.462 e. The van der Waals surface area contributed by atoms with Crippen molar-refractivity contribution < 1.29 is 28.6 Å². The normalized spacial score (nSPS) is 12.3. The Bertz CT molecular complexity index is 1330. The Hall–Kier alpha value is -3.41. The van der Waals surface area contributed by atoms with E-state index in [4.69, 9.17) is 14.2 Å². The van der Waals surface area contributed by atoms with E-state index in [-0.39, 0.29) is 31.1 Å². The number of allylic oxidation sites excluding steroid dienone is 14. The van der Waals surface area contributed by atoms with Gasteiger partial charge in [0.15, 0.2) is 6.10 Å². The third kappa shape index (κ3) is 59.3. The van der Waals surface area contributed by atoms with E-state index < -0.39 is 6.10 Å². The van der Waals surface area contributed by atoms with Crippen LogP contribution in [0.2, 0.25) is 0 Å². The molecule has 0 fully saturated rings. The second-order valence-electron chi connectivity index (χ2n) is 20.6. The molecule has 0 unspecified atom stereocenters. The Morgan fingerprint density at radius 3 is 0.808 bits per heavy atom. The summed E-state index contributed by atoms with van der Waals surface area (Å²) in [5.74, 6) is -0.927. The van der Waals surface area contributed by atoms with E-state index in [9.17, 15) is 14.4 Å². The van der Waals surface area contributed by atoms with Crippen LogP contribution in [0, 0.1) is 0 Å². The topological polar surface area (TPSA) is 78.9 Å². The van der Waals surface area contributed by atoms with Crippen LogP contribution < -0.4 is 0 Å². The van der Waals surface area contributed by atoms with Gasteiger partial charge in [0, 0.05) is 19.3 Å². The summed E-state index contributed by atoms with van der Waals surface area (Å²) in [5.41, 5.74) is 0. The second-order valence-corrected chi connectivity index (χ2v) is 20.6. The summed E-state index contributed by atoms with van der Waals surface area (Å²) in [5, 5.41) is 0. The Labute approximate surface area is 452 Å². The first-order valence-electron chi connectivity index (χ1n) is 31.1. The van der Waals surface area contributed by atoms with E-state index in [0.717, 1.165) is 109 Å². The van der Waals surface area contributed by atoms with Crippen molar-refractivity contribution in [2.75, 3.05) is 13.2 Å². The van der Waals surface area contributed by atoms with E-state index in [1.165, 1.54) is 154 Å². The fourth-order valence-electron chi connectivity index (χ4n) is 8.63. The molecule has 0 saturated carbocycles. The van der Waals surface area contributed by atoms with E-state index in [1.807, 2.05) is 0 Å². The highest BCUT2D eigenvalue weighted by Crippen LogP contribution is 2.15. The molecule has 420 valence electrons. The van der Waals surface area contributed by atoms with Crippen molar-refractivity contribution in [2.24, 2.45) is 0 Å². The lowest BCUT2D eigenvalue weighted by Crippen LogP contribution is -2.30. The SMILES string of the molecule is CCCCC/C=C\C/C=C\C/C=C\CCCCCCC(=O)OCC(COC(=O)CCCCCC/C=C\C/C=C\C/C=C\CCCCC)OC(=O)CCCCCCCCCCCCC/C=C\CCCCCCCC. The van der Waals surface area contributed by atoms with Crippen LogP contribution in [-0.4, -0.2) is 37.2 Å². The van der Waals surface area contributed by atoms with Crippen molar-refractivity contribution in [3.8, 4) is 0 Å². The second kappa shape index (κ2) is 61.1. The fourth-order valence-corrected chi connectivity index (χ4v) is 8.63. The lowest BCUT2D eigenvalue weighted by molar-refractivity contribution is -0.167. The minimum absolute atomic E-state index is 0.0951. The van der Waals surface area contributed by atoms with Gasteiger partial charge in [-0.25, -0.2) is 0 Å². The summed E-state index contributed by atoms with van der Waals surface area (Å²) in [4.78, 5) is 38.3. The molecule has 0 spiro atoms. The molecule has 0 rings (SSSR count). The zero-order valence-electron chi connectivity index (χ0n) is 48.1. The van der Waals surface area contributed by atoms with Crippen LogP contribution in [0.5, 0.6) is 0 Å². The first-order valence-corrected chi connectivity index (χ1v) is 31.1. The number of rotatable bonds is 56. The van der Waals surface area contributed by atoms with Gasteiger partial charge in [-0.05, 0) is 122 Å². The lowest BCUT2D eigenvalue weighted by atomic mass is 10.0. The van der Waals surface area contributed by atoms with Crippen molar-refractivity contribution in [1.29, 1.82) is 0 Å². The van der Waals surface area contributed by atoms with Gasteiger partial charge < -0.3 is 14.2 Å². The number of hydrogen-bond acceptors (Lipinski definition) is 6. The third-order valence-corrected chi connectivity index (χ3v) is 13.3. The first kappa shape index (κ1) is 69.6. The molecule has 0 bridgehead atoms. The molecule has 0 aromatic rings. The molecular formula is C67H116O6. The number of esters is 3. The van der Waals surface area contributed by atoms with Gasteiger partial charge >= 0.3 is 17.9 Å². The van der Waals surface area contributed by atoms with Gasteiger partial charge in [0.25, 0.3) is 0 Å². The molecule has 0 aromatic carbocycles. The molecule has 0 heterocycles. The molecule has 0 radical (unpaired) electrons. The molecule has 0 aliphatic carbocycles. The van der Waals surface area contributed by atoms with Crippen LogP contribution in [0.1, 0.15) is 303 Å². The minimum Gasteiger partial charge on any atom is -0.462 e. The average molecular weight is 1020 g/mol. The molecular weight excluding hydrogens is 901 g/mol. The molecule has 0 N–H and O–H groups in total. The molecule has 6 heteroatoms. The number of unbranched alkanes of at least 4 members (excludes halogenated alkanes) is 31. The Balaban J connectivity index is 4.44. The first-order chi connectivity index (χ1) is 36.0. The highest BCUT2D eigenvalue weighted by molar-refractivity contribution is 5.71. The summed E-state index contributed by atoms with van der Waals surface area (Å²) < 4.78 is 16.9. The highest BCUT2D eigenvalue weighted by Gasteiger charge is 2.19. The van der Waals surface area contributed by atoms with Gasteiger partial charge in [0.1, 0.15) is 13.2 Å². The van der Waals surface area contributed by atoms with Crippen molar-refractivity contribution in [1.82, 2.24) is 0 Å². The average Bonchev–Trinajstić information content (AvgIpc) is 3.39. The van der Waals surface area contributed by atoms with Gasteiger partial charge in [0.05, 0.1) is 0 Å². The van der Waals surface area contributed by atoms with Crippen LogP contribution in [0.25, 0.3) is 0 Å². The Kier molecular flexibility index (Phi) is 58.3. The summed E-state index contributed by atoms with van der Waals surface area (Å²) in [6, 6.07) is 0. The number of carbonyl (C=O) groups is 3. The van der Waals surface area contributed by atoms with Crippen molar-refractivity contribution in [2.45, 2.75) is 309 Å². The fraction of sp³-hybridized carbons (Fsp3) is 0.746. The van der Waals surface area contributed by atoms with E-state index >= 15 is 0 Å². The minimum atomic E-state index is -0.797. The van der Waals surface area contributed by atoms with Crippen LogP contribution in [0.15, 0.2) is 85.1 Å². The summed E-state index contributed by atoms with van der Waals surface area (Å²) in [6.45, 7) is 6.57. The summed E-state index contributed by atoms with van der Waals surface area (Å²) >= 11 is 0. The van der Waals surface area contributed by atoms with Crippen LogP contribution in [-0.2, 0) is 28.6 Å². The molecule has 0 atom stereocenters. The smallest absolute Gasteiger partial charge is 0.306 e. The third-order valence-electron chi connectivity index (χ3n) is 13.3. The van der Waals surface area contributed by atoms with Gasteiger partial charge in [-0.15, -0.1) is 0 Å². The van der Waals surface area contributed by atoms with Gasteiger partial charge in [0.2, 0.25) is 0 Å². The van der Waals surface area contributed by atoms with E-state index in [1.54, 1.807) is 0 Å². The van der Waals surface area contributed by atoms with Gasteiger partial charge in [-0.3, -0.25) is 14.4 Å². The molecule has 0 aliphatic heterocycles. The van der Waals surface area contributed by atoms with Crippen molar-refractivity contribution in [3.05, 3.63) is 85.1 Å². The van der Waals surface area contributed by atoms with Gasteiger partial charge in [-0.2, -0.15) is 0 Å². The Morgan fingerprint density at radius 1 is 0.274 bits per heavy atom. The molecule has 0 aromatic heterocycles. The zero-order chi connectivity index (χ0) is 52.9. The molecule has 0 aliphatic rings.